The third-order valence-electron chi connectivity index (χ3n) is 2.33. The van der Waals surface area contributed by atoms with Gasteiger partial charge in [-0.2, -0.15) is 5.26 Å². The molecule has 0 spiro atoms. The number of nitrogens with zero attached hydrogens (tertiary/aromatic N) is 1. The topological polar surface area (TPSA) is 56.0 Å². The third-order valence-corrected chi connectivity index (χ3v) is 2.33. The van der Waals surface area contributed by atoms with E-state index in [9.17, 15) is 4.39 Å². The van der Waals surface area contributed by atoms with E-state index in [1.54, 1.807) is 0 Å². The van der Waals surface area contributed by atoms with Gasteiger partial charge in [-0.1, -0.05) is 0 Å². The lowest BCUT2D eigenvalue weighted by Gasteiger charge is -2.23. The van der Waals surface area contributed by atoms with E-state index in [1.165, 1.54) is 18.2 Å². The van der Waals surface area contributed by atoms with Crippen molar-refractivity contribution in [3.05, 3.63) is 35.1 Å². The van der Waals surface area contributed by atoms with Gasteiger partial charge in [0.05, 0.1) is 18.2 Å². The van der Waals surface area contributed by atoms with Gasteiger partial charge in [-0.05, 0) is 32.0 Å². The fourth-order valence-electron chi connectivity index (χ4n) is 1.17. The summed E-state index contributed by atoms with van der Waals surface area (Å²) in [7, 11) is 0. The van der Waals surface area contributed by atoms with Gasteiger partial charge >= 0.3 is 0 Å². The molecule has 0 bridgehead atoms. The number of hydrogen-bond donors (Lipinski definition) is 2. The summed E-state index contributed by atoms with van der Waals surface area (Å²) < 4.78 is 13.4. The molecule has 0 heterocycles. The Morgan fingerprint density at radius 1 is 1.50 bits per heavy atom. The van der Waals surface area contributed by atoms with Crippen LogP contribution in [0.4, 0.5) is 4.39 Å². The molecule has 2 N–H and O–H groups in total. The molecule has 0 aliphatic heterocycles. The van der Waals surface area contributed by atoms with Gasteiger partial charge < -0.3 is 10.4 Å². The first kappa shape index (κ1) is 12.6. The minimum Gasteiger partial charge on any atom is -0.394 e. The zero-order valence-corrected chi connectivity index (χ0v) is 9.42. The van der Waals surface area contributed by atoms with Crippen LogP contribution in [0.2, 0.25) is 0 Å². The summed E-state index contributed by atoms with van der Waals surface area (Å²) in [5.74, 6) is -0.347. The summed E-state index contributed by atoms with van der Waals surface area (Å²) in [5, 5.41) is 20.7. The molecule has 16 heavy (non-hydrogen) atoms. The lowest BCUT2D eigenvalue weighted by atomic mass is 10.1. The van der Waals surface area contributed by atoms with Crippen molar-refractivity contribution < 1.29 is 9.50 Å². The van der Waals surface area contributed by atoms with Gasteiger partial charge in [0, 0.05) is 17.6 Å². The van der Waals surface area contributed by atoms with Gasteiger partial charge in [-0.3, -0.25) is 0 Å². The highest BCUT2D eigenvalue weighted by molar-refractivity contribution is 5.33. The molecule has 1 aromatic rings. The average Bonchev–Trinajstić information content (AvgIpc) is 2.28. The first-order valence-electron chi connectivity index (χ1n) is 5.03. The van der Waals surface area contributed by atoms with Crippen molar-refractivity contribution in [2.24, 2.45) is 0 Å². The van der Waals surface area contributed by atoms with E-state index in [2.05, 4.69) is 5.32 Å². The Kier molecular flexibility index (Phi) is 3.99. The number of aliphatic hydroxyl groups excluding tert-OH is 1. The van der Waals surface area contributed by atoms with Crippen molar-refractivity contribution >= 4 is 0 Å². The van der Waals surface area contributed by atoms with E-state index in [1.807, 2.05) is 19.9 Å². The zero-order chi connectivity index (χ0) is 12.2. The minimum atomic E-state index is -0.463. The number of nitrogens with one attached hydrogen (secondary N) is 1. The minimum absolute atomic E-state index is 0.0352. The zero-order valence-electron chi connectivity index (χ0n) is 9.42. The largest absolute Gasteiger partial charge is 0.394 e. The van der Waals surface area contributed by atoms with Crippen LogP contribution in [0, 0.1) is 17.1 Å². The van der Waals surface area contributed by atoms with E-state index >= 15 is 0 Å². The molecule has 0 aromatic heterocycles. The molecule has 3 nitrogen and oxygen atoms in total. The van der Waals surface area contributed by atoms with Crippen molar-refractivity contribution in [3.8, 4) is 6.07 Å². The summed E-state index contributed by atoms with van der Waals surface area (Å²) >= 11 is 0. The lowest BCUT2D eigenvalue weighted by Crippen LogP contribution is -2.42. The number of rotatable bonds is 4. The summed E-state index contributed by atoms with van der Waals surface area (Å²) in [6.45, 7) is 3.89. The molecule has 0 aliphatic rings. The van der Waals surface area contributed by atoms with Crippen LogP contribution in [0.15, 0.2) is 18.2 Å². The van der Waals surface area contributed by atoms with Gasteiger partial charge in [0.25, 0.3) is 0 Å². The maximum Gasteiger partial charge on any atom is 0.127 e. The van der Waals surface area contributed by atoms with Crippen LogP contribution < -0.4 is 5.32 Å². The molecule has 0 saturated heterocycles. The Balaban J connectivity index is 2.78. The second-order valence-corrected chi connectivity index (χ2v) is 4.31. The van der Waals surface area contributed by atoms with Crippen LogP contribution in [0.25, 0.3) is 0 Å². The quantitative estimate of drug-likeness (QED) is 0.812. The summed E-state index contributed by atoms with van der Waals surface area (Å²) in [6.07, 6.45) is 0. The molecular formula is C12H15FN2O. The van der Waals surface area contributed by atoms with Crippen molar-refractivity contribution in [2.45, 2.75) is 25.9 Å². The highest BCUT2D eigenvalue weighted by Gasteiger charge is 2.15. The molecule has 0 atom stereocenters. The number of halogens is 1. The van der Waals surface area contributed by atoms with Crippen LogP contribution in [0.1, 0.15) is 25.0 Å². The highest BCUT2D eigenvalue weighted by atomic mass is 19.1. The predicted octanol–water partition coefficient (Wildman–Crippen LogP) is 1.56. The predicted molar refractivity (Wildman–Crippen MR) is 59.1 cm³/mol. The number of aliphatic hydroxyl groups is 1. The summed E-state index contributed by atoms with van der Waals surface area (Å²) in [5.41, 5.74) is 0.398. The maximum atomic E-state index is 13.4. The monoisotopic (exact) mass is 222 g/mol. The lowest BCUT2D eigenvalue weighted by molar-refractivity contribution is 0.187. The number of hydrogen-bond acceptors (Lipinski definition) is 3. The second kappa shape index (κ2) is 5.06. The normalized spacial score (nSPS) is 11.2. The van der Waals surface area contributed by atoms with Crippen LogP contribution >= 0.6 is 0 Å². The van der Waals surface area contributed by atoms with Crippen LogP contribution in [0.3, 0.4) is 0 Å². The number of benzene rings is 1. The smallest absolute Gasteiger partial charge is 0.127 e. The molecule has 86 valence electrons. The van der Waals surface area contributed by atoms with Crippen molar-refractivity contribution in [3.63, 3.8) is 0 Å². The molecule has 0 fully saturated rings. The van der Waals surface area contributed by atoms with Gasteiger partial charge in [0.1, 0.15) is 5.82 Å². The van der Waals surface area contributed by atoms with E-state index in [0.717, 1.165) is 0 Å². The van der Waals surface area contributed by atoms with Crippen molar-refractivity contribution in [2.75, 3.05) is 6.61 Å². The van der Waals surface area contributed by atoms with E-state index in [4.69, 9.17) is 10.4 Å². The highest BCUT2D eigenvalue weighted by Crippen LogP contribution is 2.11. The molecule has 0 unspecified atom stereocenters. The fourth-order valence-corrected chi connectivity index (χ4v) is 1.17. The molecule has 1 rings (SSSR count). The van der Waals surface area contributed by atoms with E-state index < -0.39 is 5.54 Å². The fraction of sp³-hybridized carbons (Fsp3) is 0.417. The Hall–Kier alpha value is -1.44. The van der Waals surface area contributed by atoms with Crippen molar-refractivity contribution in [1.29, 1.82) is 5.26 Å². The molecular weight excluding hydrogens is 207 g/mol. The number of nitriles is 1. The molecule has 0 saturated carbocycles. The van der Waals surface area contributed by atoms with Gasteiger partial charge in [0.2, 0.25) is 0 Å². The average molecular weight is 222 g/mol. The van der Waals surface area contributed by atoms with Crippen LogP contribution in [-0.2, 0) is 6.54 Å². The Morgan fingerprint density at radius 2 is 2.19 bits per heavy atom. The summed E-state index contributed by atoms with van der Waals surface area (Å²) in [4.78, 5) is 0. The van der Waals surface area contributed by atoms with Gasteiger partial charge in [0.15, 0.2) is 0 Å². The van der Waals surface area contributed by atoms with E-state index in [0.29, 0.717) is 11.1 Å². The van der Waals surface area contributed by atoms with Crippen molar-refractivity contribution in [1.82, 2.24) is 5.32 Å². The summed E-state index contributed by atoms with van der Waals surface area (Å²) in [6, 6.07) is 6.19. The third kappa shape index (κ3) is 3.30. The van der Waals surface area contributed by atoms with Gasteiger partial charge in [-0.15, -0.1) is 0 Å². The second-order valence-electron chi connectivity index (χ2n) is 4.31. The van der Waals surface area contributed by atoms with Gasteiger partial charge in [-0.25, -0.2) is 4.39 Å². The Labute approximate surface area is 94.5 Å². The molecule has 4 heteroatoms. The van der Waals surface area contributed by atoms with Crippen LogP contribution in [-0.4, -0.2) is 17.3 Å². The SMILES string of the molecule is CC(C)(CO)NCc1cc(C#N)ccc1F. The van der Waals surface area contributed by atoms with E-state index in [-0.39, 0.29) is 19.0 Å². The Bertz CT molecular complexity index is 410. The first-order valence-corrected chi connectivity index (χ1v) is 5.03. The molecule has 0 aliphatic carbocycles. The van der Waals surface area contributed by atoms with Crippen LogP contribution in [0.5, 0.6) is 0 Å². The molecule has 0 radical (unpaired) electrons. The molecule has 0 amide bonds. The molecule has 1 aromatic carbocycles. The first-order chi connectivity index (χ1) is 7.48. The maximum absolute atomic E-state index is 13.4. The standard InChI is InChI=1S/C12H15FN2O/c1-12(2,8-16)15-7-10-5-9(6-14)3-4-11(10)13/h3-5,15-16H,7-8H2,1-2H3. The Morgan fingerprint density at radius 3 is 2.75 bits per heavy atom.